The summed E-state index contributed by atoms with van der Waals surface area (Å²) >= 11 is 0. The third-order valence-electron chi connectivity index (χ3n) is 4.08. The molecule has 0 spiro atoms. The summed E-state index contributed by atoms with van der Waals surface area (Å²) in [7, 11) is 3.28. The molecule has 0 atom stereocenters. The molecule has 0 amide bonds. The second-order valence-electron chi connectivity index (χ2n) is 6.77. The first-order valence-corrected chi connectivity index (χ1v) is 8.89. The van der Waals surface area contributed by atoms with Gasteiger partial charge in [0, 0.05) is 39.3 Å². The number of aliphatic imine (C=N–C) groups is 1. The van der Waals surface area contributed by atoms with Gasteiger partial charge in [-0.25, -0.2) is 0 Å². The quantitative estimate of drug-likeness (QED) is 0.215. The van der Waals surface area contributed by atoms with Gasteiger partial charge in [0.1, 0.15) is 0 Å². The van der Waals surface area contributed by atoms with Gasteiger partial charge in [-0.1, -0.05) is 32.0 Å². The number of nitrogens with zero attached hydrogens (tertiary/aromatic N) is 1. The van der Waals surface area contributed by atoms with E-state index in [1.165, 1.54) is 12.1 Å². The van der Waals surface area contributed by atoms with E-state index >= 15 is 0 Å². The number of guanidine groups is 1. The Morgan fingerprint density at radius 2 is 1.75 bits per heavy atom. The molecule has 0 radical (unpaired) electrons. The molecule has 5 nitrogen and oxygen atoms in total. The Bertz CT molecular complexity index is 596. The van der Waals surface area contributed by atoms with Gasteiger partial charge in [-0.3, -0.25) is 4.99 Å². The second-order valence-corrected chi connectivity index (χ2v) is 6.77. The van der Waals surface area contributed by atoms with Crippen molar-refractivity contribution in [1.29, 1.82) is 0 Å². The van der Waals surface area contributed by atoms with Gasteiger partial charge in [-0.15, -0.1) is 24.0 Å². The van der Waals surface area contributed by atoms with E-state index in [9.17, 15) is 13.2 Å². The van der Waals surface area contributed by atoms with Crippen LogP contribution in [0.25, 0.3) is 0 Å². The molecule has 1 aromatic rings. The highest BCUT2D eigenvalue weighted by molar-refractivity contribution is 14.0. The summed E-state index contributed by atoms with van der Waals surface area (Å²) < 4.78 is 49.1. The van der Waals surface area contributed by atoms with Gasteiger partial charge in [0.2, 0.25) is 0 Å². The molecule has 0 bridgehead atoms. The van der Waals surface area contributed by atoms with Gasteiger partial charge in [0.25, 0.3) is 0 Å². The lowest BCUT2D eigenvalue weighted by Crippen LogP contribution is -2.43. The van der Waals surface area contributed by atoms with Crippen molar-refractivity contribution >= 4 is 29.9 Å². The standard InChI is InChI=1S/C19H30F3N3O2.HI/c1-18(2,15-7-5-8-16(13-15)19(20,21)22)14-25-17(23-3)24-9-6-10-27-12-11-26-4;/h5,7-8,13H,6,9-12,14H2,1-4H3,(H2,23,24,25);1H. The molecule has 0 aliphatic rings. The molecule has 0 aliphatic carbocycles. The third kappa shape index (κ3) is 9.92. The molecular weight excluding hydrogens is 486 g/mol. The van der Waals surface area contributed by atoms with Crippen molar-refractivity contribution in [1.82, 2.24) is 10.6 Å². The molecule has 0 unspecified atom stereocenters. The minimum atomic E-state index is -4.34. The number of halogens is 4. The largest absolute Gasteiger partial charge is 0.416 e. The molecule has 1 rings (SSSR count). The van der Waals surface area contributed by atoms with Crippen molar-refractivity contribution in [3.05, 3.63) is 35.4 Å². The van der Waals surface area contributed by atoms with Crippen molar-refractivity contribution < 1.29 is 22.6 Å². The highest BCUT2D eigenvalue weighted by Crippen LogP contribution is 2.32. The molecule has 162 valence electrons. The molecule has 0 heterocycles. The van der Waals surface area contributed by atoms with E-state index in [1.54, 1.807) is 20.2 Å². The maximum Gasteiger partial charge on any atom is 0.416 e. The molecule has 0 saturated heterocycles. The summed E-state index contributed by atoms with van der Waals surface area (Å²) in [5.41, 5.74) is -0.516. The van der Waals surface area contributed by atoms with Crippen LogP contribution >= 0.6 is 24.0 Å². The van der Waals surface area contributed by atoms with E-state index in [2.05, 4.69) is 15.6 Å². The zero-order valence-corrected chi connectivity index (χ0v) is 19.2. The molecule has 0 aromatic heterocycles. The number of alkyl halides is 3. The Morgan fingerprint density at radius 1 is 1.07 bits per heavy atom. The lowest BCUT2D eigenvalue weighted by atomic mass is 9.84. The summed E-state index contributed by atoms with van der Waals surface area (Å²) in [5, 5.41) is 6.34. The average Bonchev–Trinajstić information content (AvgIpc) is 2.63. The van der Waals surface area contributed by atoms with Gasteiger partial charge in [0.05, 0.1) is 18.8 Å². The zero-order chi connectivity index (χ0) is 20.3. The fourth-order valence-corrected chi connectivity index (χ4v) is 2.37. The van der Waals surface area contributed by atoms with Crippen LogP contribution in [0.2, 0.25) is 0 Å². The maximum absolute atomic E-state index is 12.9. The Morgan fingerprint density at radius 3 is 2.36 bits per heavy atom. The van der Waals surface area contributed by atoms with Crippen LogP contribution in [-0.4, -0.2) is 53.0 Å². The number of nitrogens with one attached hydrogen (secondary N) is 2. The third-order valence-corrected chi connectivity index (χ3v) is 4.08. The van der Waals surface area contributed by atoms with E-state index < -0.39 is 17.2 Å². The van der Waals surface area contributed by atoms with Crippen LogP contribution in [-0.2, 0) is 21.1 Å². The number of ether oxygens (including phenoxy) is 2. The summed E-state index contributed by atoms with van der Waals surface area (Å²) in [4.78, 5) is 4.14. The minimum Gasteiger partial charge on any atom is -0.382 e. The zero-order valence-electron chi connectivity index (χ0n) is 16.9. The monoisotopic (exact) mass is 517 g/mol. The van der Waals surface area contributed by atoms with Crippen LogP contribution in [0.15, 0.2) is 29.3 Å². The fourth-order valence-electron chi connectivity index (χ4n) is 2.37. The van der Waals surface area contributed by atoms with Crippen LogP contribution in [0, 0.1) is 0 Å². The number of hydrogen-bond acceptors (Lipinski definition) is 3. The Labute approximate surface area is 182 Å². The summed E-state index contributed by atoms with van der Waals surface area (Å²) in [6.07, 6.45) is -3.54. The van der Waals surface area contributed by atoms with E-state index in [0.717, 1.165) is 12.5 Å². The first kappa shape index (κ1) is 26.9. The number of hydrogen-bond donors (Lipinski definition) is 2. The molecular formula is C19H31F3IN3O2. The van der Waals surface area contributed by atoms with Gasteiger partial charge in [0.15, 0.2) is 5.96 Å². The van der Waals surface area contributed by atoms with Crippen molar-refractivity contribution in [2.75, 3.05) is 47.1 Å². The molecule has 0 fully saturated rings. The Kier molecular flexibility index (Phi) is 12.7. The minimum absolute atomic E-state index is 0. The smallest absolute Gasteiger partial charge is 0.382 e. The summed E-state index contributed by atoms with van der Waals surface area (Å²) in [6, 6.07) is 5.44. The van der Waals surface area contributed by atoms with Crippen LogP contribution < -0.4 is 10.6 Å². The van der Waals surface area contributed by atoms with Gasteiger partial charge < -0.3 is 20.1 Å². The molecule has 0 saturated carbocycles. The first-order valence-electron chi connectivity index (χ1n) is 8.89. The average molecular weight is 517 g/mol. The van der Waals surface area contributed by atoms with E-state index in [4.69, 9.17) is 9.47 Å². The maximum atomic E-state index is 12.9. The summed E-state index contributed by atoms with van der Waals surface area (Å²) in [6.45, 7) is 6.66. The number of benzene rings is 1. The molecule has 0 aliphatic heterocycles. The molecule has 1 aromatic carbocycles. The van der Waals surface area contributed by atoms with E-state index in [1.807, 2.05) is 13.8 Å². The van der Waals surface area contributed by atoms with Crippen LogP contribution in [0.5, 0.6) is 0 Å². The lowest BCUT2D eigenvalue weighted by molar-refractivity contribution is -0.137. The van der Waals surface area contributed by atoms with E-state index in [-0.39, 0.29) is 24.0 Å². The fraction of sp³-hybridized carbons (Fsp3) is 0.632. The van der Waals surface area contributed by atoms with Gasteiger partial charge in [-0.05, 0) is 18.1 Å². The van der Waals surface area contributed by atoms with Crippen molar-refractivity contribution in [2.45, 2.75) is 31.9 Å². The predicted octanol–water partition coefficient (Wildman–Crippen LogP) is 3.82. The molecule has 28 heavy (non-hydrogen) atoms. The van der Waals surface area contributed by atoms with E-state index in [0.29, 0.717) is 44.4 Å². The van der Waals surface area contributed by atoms with Crippen molar-refractivity contribution in [2.24, 2.45) is 4.99 Å². The van der Waals surface area contributed by atoms with Gasteiger partial charge in [-0.2, -0.15) is 13.2 Å². The lowest BCUT2D eigenvalue weighted by Gasteiger charge is -2.27. The van der Waals surface area contributed by atoms with Gasteiger partial charge >= 0.3 is 6.18 Å². The molecule has 9 heteroatoms. The first-order chi connectivity index (χ1) is 12.7. The van der Waals surface area contributed by atoms with Crippen LogP contribution in [0.4, 0.5) is 13.2 Å². The van der Waals surface area contributed by atoms with Crippen LogP contribution in [0.1, 0.15) is 31.4 Å². The highest BCUT2D eigenvalue weighted by Gasteiger charge is 2.32. The highest BCUT2D eigenvalue weighted by atomic mass is 127. The summed E-state index contributed by atoms with van der Waals surface area (Å²) in [5.74, 6) is 0.604. The number of methoxy groups -OCH3 is 1. The SMILES string of the molecule is CN=C(NCCCOCCOC)NCC(C)(C)c1cccc(C(F)(F)F)c1.I. The Hall–Kier alpha value is -1.07. The van der Waals surface area contributed by atoms with Crippen molar-refractivity contribution in [3.63, 3.8) is 0 Å². The van der Waals surface area contributed by atoms with Crippen LogP contribution in [0.3, 0.4) is 0 Å². The second kappa shape index (κ2) is 13.2. The van der Waals surface area contributed by atoms with Crippen molar-refractivity contribution in [3.8, 4) is 0 Å². The predicted molar refractivity (Wildman–Crippen MR) is 117 cm³/mol. The topological polar surface area (TPSA) is 54.9 Å². The Balaban J connectivity index is 0.00000729. The number of rotatable bonds is 10. The molecule has 2 N–H and O–H groups in total. The normalized spacial score (nSPS) is 12.5.